The van der Waals surface area contributed by atoms with E-state index in [-0.39, 0.29) is 18.2 Å². The quantitative estimate of drug-likeness (QED) is 0.439. The SMILES string of the molecule is Cn1cc(NC(=O)Cc2nnc(Cc3nc4ccc(-c5ccccc5)cc4s3)o2)cn1. The van der Waals surface area contributed by atoms with E-state index in [9.17, 15) is 4.79 Å². The van der Waals surface area contributed by atoms with Gasteiger partial charge in [0.1, 0.15) is 11.4 Å². The summed E-state index contributed by atoms with van der Waals surface area (Å²) in [5.41, 5.74) is 3.89. The van der Waals surface area contributed by atoms with Crippen LogP contribution in [0.3, 0.4) is 0 Å². The van der Waals surface area contributed by atoms with E-state index >= 15 is 0 Å². The highest BCUT2D eigenvalue weighted by Gasteiger charge is 2.14. The van der Waals surface area contributed by atoms with Crippen LogP contribution in [-0.4, -0.2) is 30.9 Å². The molecule has 0 aliphatic carbocycles. The van der Waals surface area contributed by atoms with Crippen LogP contribution in [0.5, 0.6) is 0 Å². The standard InChI is InChI=1S/C22H18N6O2S/c1-28-13-16(12-23-28)24-19(29)10-20-26-27-21(30-20)11-22-25-17-8-7-15(9-18(17)31-22)14-5-3-2-4-6-14/h2-9,12-13H,10-11H2,1H3,(H,24,29). The molecule has 154 valence electrons. The molecule has 1 amide bonds. The summed E-state index contributed by atoms with van der Waals surface area (Å²) in [5.74, 6) is 0.465. The molecule has 8 nitrogen and oxygen atoms in total. The molecule has 0 atom stereocenters. The zero-order chi connectivity index (χ0) is 21.2. The fourth-order valence-corrected chi connectivity index (χ4v) is 4.24. The first-order chi connectivity index (χ1) is 15.1. The van der Waals surface area contributed by atoms with E-state index in [1.54, 1.807) is 35.5 Å². The van der Waals surface area contributed by atoms with Gasteiger partial charge in [-0.15, -0.1) is 21.5 Å². The predicted octanol–water partition coefficient (Wildman–Crippen LogP) is 3.85. The number of rotatable bonds is 6. The summed E-state index contributed by atoms with van der Waals surface area (Å²) >= 11 is 1.60. The summed E-state index contributed by atoms with van der Waals surface area (Å²) < 4.78 is 8.37. The highest BCUT2D eigenvalue weighted by Crippen LogP contribution is 2.29. The van der Waals surface area contributed by atoms with E-state index in [1.165, 1.54) is 5.56 Å². The summed E-state index contributed by atoms with van der Waals surface area (Å²) in [7, 11) is 1.78. The number of benzene rings is 2. The number of aromatic nitrogens is 5. The average Bonchev–Trinajstić information content (AvgIpc) is 3.48. The Bertz CT molecular complexity index is 1350. The molecule has 0 radical (unpaired) electrons. The average molecular weight is 430 g/mol. The molecule has 2 aromatic carbocycles. The van der Waals surface area contributed by atoms with Crippen molar-refractivity contribution in [1.82, 2.24) is 25.0 Å². The van der Waals surface area contributed by atoms with E-state index in [2.05, 4.69) is 49.9 Å². The molecule has 3 heterocycles. The van der Waals surface area contributed by atoms with Gasteiger partial charge in [-0.3, -0.25) is 9.48 Å². The molecule has 9 heteroatoms. The first-order valence-electron chi connectivity index (χ1n) is 9.67. The van der Waals surface area contributed by atoms with Crippen molar-refractivity contribution in [2.24, 2.45) is 7.05 Å². The minimum Gasteiger partial charge on any atom is -0.424 e. The maximum atomic E-state index is 12.1. The molecule has 5 aromatic rings. The number of amides is 1. The molecule has 1 N–H and O–H groups in total. The Morgan fingerprint density at radius 2 is 1.94 bits per heavy atom. The van der Waals surface area contributed by atoms with Crippen molar-refractivity contribution < 1.29 is 9.21 Å². The van der Waals surface area contributed by atoms with Gasteiger partial charge in [-0.1, -0.05) is 36.4 Å². The second kappa shape index (κ2) is 8.11. The summed E-state index contributed by atoms with van der Waals surface area (Å²) in [4.78, 5) is 16.8. The summed E-state index contributed by atoms with van der Waals surface area (Å²) in [6.45, 7) is 0. The van der Waals surface area contributed by atoms with Gasteiger partial charge in [0.2, 0.25) is 17.7 Å². The van der Waals surface area contributed by atoms with Gasteiger partial charge in [-0.05, 0) is 23.3 Å². The number of nitrogens with one attached hydrogen (secondary N) is 1. The van der Waals surface area contributed by atoms with Gasteiger partial charge in [0.25, 0.3) is 0 Å². The van der Waals surface area contributed by atoms with Crippen LogP contribution in [0.15, 0.2) is 65.3 Å². The Balaban J connectivity index is 1.27. The molecule has 5 rings (SSSR count). The van der Waals surface area contributed by atoms with E-state index in [0.717, 1.165) is 20.8 Å². The Hall–Kier alpha value is -3.85. The van der Waals surface area contributed by atoms with Crippen LogP contribution in [0, 0.1) is 0 Å². The fourth-order valence-electron chi connectivity index (χ4n) is 3.25. The molecule has 3 aromatic heterocycles. The Morgan fingerprint density at radius 3 is 2.74 bits per heavy atom. The molecule has 0 saturated heterocycles. The maximum Gasteiger partial charge on any atom is 0.233 e. The second-order valence-electron chi connectivity index (χ2n) is 7.05. The van der Waals surface area contributed by atoms with Gasteiger partial charge in [0.05, 0.1) is 28.5 Å². The highest BCUT2D eigenvalue weighted by molar-refractivity contribution is 7.18. The number of anilines is 1. The molecule has 0 aliphatic heterocycles. The minimum absolute atomic E-state index is 0.00216. The molecule has 0 bridgehead atoms. The van der Waals surface area contributed by atoms with Crippen molar-refractivity contribution in [2.75, 3.05) is 5.32 Å². The number of hydrogen-bond donors (Lipinski definition) is 1. The Labute approximate surface area is 181 Å². The molecule has 0 saturated carbocycles. The number of aryl methyl sites for hydroxylation is 1. The molecule has 0 spiro atoms. The second-order valence-corrected chi connectivity index (χ2v) is 8.17. The van der Waals surface area contributed by atoms with Crippen molar-refractivity contribution in [3.63, 3.8) is 0 Å². The highest BCUT2D eigenvalue weighted by atomic mass is 32.1. The van der Waals surface area contributed by atoms with Gasteiger partial charge in [-0.25, -0.2) is 4.98 Å². The summed E-state index contributed by atoms with van der Waals surface area (Å²) in [6.07, 6.45) is 3.72. The first kappa shape index (κ1) is 19.1. The van der Waals surface area contributed by atoms with Crippen LogP contribution >= 0.6 is 11.3 Å². The molecular formula is C22H18N6O2S. The number of fused-ring (bicyclic) bond motifs is 1. The zero-order valence-corrected chi connectivity index (χ0v) is 17.5. The zero-order valence-electron chi connectivity index (χ0n) is 16.6. The lowest BCUT2D eigenvalue weighted by molar-refractivity contribution is -0.115. The predicted molar refractivity (Wildman–Crippen MR) is 118 cm³/mol. The Kier molecular flexibility index (Phi) is 5.01. The van der Waals surface area contributed by atoms with E-state index in [0.29, 0.717) is 18.0 Å². The van der Waals surface area contributed by atoms with Gasteiger partial charge >= 0.3 is 0 Å². The number of carbonyl (C=O) groups is 1. The normalized spacial score (nSPS) is 11.1. The summed E-state index contributed by atoms with van der Waals surface area (Å²) in [6, 6.07) is 16.5. The third-order valence-corrected chi connectivity index (χ3v) is 5.67. The van der Waals surface area contributed by atoms with Crippen LogP contribution in [0.25, 0.3) is 21.3 Å². The third kappa shape index (κ3) is 4.36. The lowest BCUT2D eigenvalue weighted by Crippen LogP contribution is -2.14. The molecular weight excluding hydrogens is 412 g/mol. The van der Waals surface area contributed by atoms with Crippen LogP contribution in [0.1, 0.15) is 16.8 Å². The topological polar surface area (TPSA) is 98.7 Å². The molecule has 0 aliphatic rings. The van der Waals surface area contributed by atoms with E-state index in [4.69, 9.17) is 4.42 Å². The number of carbonyl (C=O) groups excluding carboxylic acids is 1. The fraction of sp³-hybridized carbons (Fsp3) is 0.136. The Morgan fingerprint density at radius 1 is 1.10 bits per heavy atom. The van der Waals surface area contributed by atoms with Crippen molar-refractivity contribution >= 4 is 33.1 Å². The first-order valence-corrected chi connectivity index (χ1v) is 10.5. The van der Waals surface area contributed by atoms with Crippen LogP contribution in [-0.2, 0) is 24.7 Å². The number of nitrogens with zero attached hydrogens (tertiary/aromatic N) is 5. The largest absolute Gasteiger partial charge is 0.424 e. The van der Waals surface area contributed by atoms with Crippen molar-refractivity contribution in [2.45, 2.75) is 12.8 Å². The minimum atomic E-state index is -0.239. The van der Waals surface area contributed by atoms with Gasteiger partial charge in [-0.2, -0.15) is 5.10 Å². The van der Waals surface area contributed by atoms with Crippen LogP contribution in [0.4, 0.5) is 5.69 Å². The van der Waals surface area contributed by atoms with Gasteiger partial charge in [0, 0.05) is 13.2 Å². The molecule has 31 heavy (non-hydrogen) atoms. The summed E-state index contributed by atoms with van der Waals surface area (Å²) in [5, 5.41) is 15.7. The molecule has 0 fully saturated rings. The number of hydrogen-bond acceptors (Lipinski definition) is 7. The maximum absolute atomic E-state index is 12.1. The lowest BCUT2D eigenvalue weighted by atomic mass is 10.1. The molecule has 0 unspecified atom stereocenters. The van der Waals surface area contributed by atoms with Crippen LogP contribution in [0.2, 0.25) is 0 Å². The smallest absolute Gasteiger partial charge is 0.233 e. The van der Waals surface area contributed by atoms with Gasteiger partial charge in [0.15, 0.2) is 0 Å². The third-order valence-electron chi connectivity index (χ3n) is 4.65. The van der Waals surface area contributed by atoms with Crippen molar-refractivity contribution in [1.29, 1.82) is 0 Å². The van der Waals surface area contributed by atoms with Crippen molar-refractivity contribution in [3.05, 3.63) is 77.7 Å². The lowest BCUT2D eigenvalue weighted by Gasteiger charge is -2.00. The van der Waals surface area contributed by atoms with E-state index in [1.807, 2.05) is 24.3 Å². The van der Waals surface area contributed by atoms with Gasteiger partial charge < -0.3 is 9.73 Å². The van der Waals surface area contributed by atoms with Crippen LogP contribution < -0.4 is 5.32 Å². The monoisotopic (exact) mass is 430 g/mol. The number of thiazole rings is 1. The van der Waals surface area contributed by atoms with E-state index < -0.39 is 0 Å². The van der Waals surface area contributed by atoms with Crippen molar-refractivity contribution in [3.8, 4) is 11.1 Å².